The fourth-order valence-electron chi connectivity index (χ4n) is 2.62. The van der Waals surface area contributed by atoms with Crippen LogP contribution in [0.25, 0.3) is 0 Å². The molecule has 1 aliphatic heterocycles. The normalized spacial score (nSPS) is 15.1. The first-order valence-corrected chi connectivity index (χ1v) is 10.3. The van der Waals surface area contributed by atoms with E-state index in [1.165, 1.54) is 22.5 Å². The van der Waals surface area contributed by atoms with Gasteiger partial charge in [0.25, 0.3) is 5.91 Å². The number of morpholine rings is 1. The first-order valence-electron chi connectivity index (χ1n) is 8.52. The molecule has 0 aromatic heterocycles. The Labute approximate surface area is 171 Å². The summed E-state index contributed by atoms with van der Waals surface area (Å²) in [7, 11) is -3.72. The van der Waals surface area contributed by atoms with E-state index < -0.39 is 34.2 Å². The van der Waals surface area contributed by atoms with E-state index in [0.717, 1.165) is 12.1 Å². The van der Waals surface area contributed by atoms with Gasteiger partial charge in [-0.25, -0.2) is 17.2 Å². The van der Waals surface area contributed by atoms with Gasteiger partial charge < -0.3 is 14.8 Å². The van der Waals surface area contributed by atoms with Gasteiger partial charge in [0, 0.05) is 19.2 Å². The number of halogens is 3. The Kier molecular flexibility index (Phi) is 6.68. The van der Waals surface area contributed by atoms with Crippen LogP contribution in [0.4, 0.5) is 14.5 Å². The smallest absolute Gasteiger partial charge is 0.262 e. The van der Waals surface area contributed by atoms with Crippen LogP contribution in [0.5, 0.6) is 5.75 Å². The highest BCUT2D eigenvalue weighted by atomic mass is 35.5. The molecule has 1 saturated heterocycles. The Morgan fingerprint density at radius 2 is 1.90 bits per heavy atom. The zero-order chi connectivity index (χ0) is 21.0. The third kappa shape index (κ3) is 5.21. The number of sulfonamides is 1. The predicted octanol–water partition coefficient (Wildman–Crippen LogP) is 2.66. The average molecular weight is 447 g/mol. The summed E-state index contributed by atoms with van der Waals surface area (Å²) < 4.78 is 63.4. The maximum Gasteiger partial charge on any atom is 0.262 e. The Morgan fingerprint density at radius 1 is 1.17 bits per heavy atom. The second-order valence-electron chi connectivity index (χ2n) is 6.07. The van der Waals surface area contributed by atoms with Gasteiger partial charge in [0.15, 0.2) is 6.61 Å². The predicted molar refractivity (Wildman–Crippen MR) is 102 cm³/mol. The largest absolute Gasteiger partial charge is 0.482 e. The molecule has 1 fully saturated rings. The summed E-state index contributed by atoms with van der Waals surface area (Å²) in [6.45, 7) is 0.624. The van der Waals surface area contributed by atoms with Gasteiger partial charge >= 0.3 is 0 Å². The maximum atomic E-state index is 13.6. The minimum absolute atomic E-state index is 0.0000900. The van der Waals surface area contributed by atoms with Crippen molar-refractivity contribution in [3.05, 3.63) is 53.1 Å². The molecule has 7 nitrogen and oxygen atoms in total. The number of anilines is 1. The van der Waals surface area contributed by atoms with Gasteiger partial charge in [0.05, 0.1) is 28.8 Å². The number of rotatable bonds is 6. The summed E-state index contributed by atoms with van der Waals surface area (Å²) in [6.07, 6.45) is 0. The lowest BCUT2D eigenvalue weighted by atomic mass is 10.3. The number of nitrogens with one attached hydrogen (secondary N) is 1. The van der Waals surface area contributed by atoms with Gasteiger partial charge in [-0.05, 0) is 30.3 Å². The maximum absolute atomic E-state index is 13.6. The molecular weight excluding hydrogens is 430 g/mol. The number of amides is 1. The van der Waals surface area contributed by atoms with Crippen molar-refractivity contribution in [2.24, 2.45) is 0 Å². The Morgan fingerprint density at radius 3 is 2.55 bits per heavy atom. The van der Waals surface area contributed by atoms with E-state index in [2.05, 4.69) is 5.32 Å². The lowest BCUT2D eigenvalue weighted by Crippen LogP contribution is -2.40. The van der Waals surface area contributed by atoms with Gasteiger partial charge in [-0.15, -0.1) is 0 Å². The summed E-state index contributed by atoms with van der Waals surface area (Å²) in [5.74, 6) is -2.30. The molecule has 1 aliphatic rings. The van der Waals surface area contributed by atoms with Crippen LogP contribution >= 0.6 is 11.6 Å². The number of carbonyl (C=O) groups excluding carboxylic acids is 1. The molecule has 2 aromatic carbocycles. The molecule has 0 spiro atoms. The summed E-state index contributed by atoms with van der Waals surface area (Å²) in [5.41, 5.74) is -0.196. The molecule has 0 unspecified atom stereocenters. The molecule has 2 aromatic rings. The molecule has 1 N–H and O–H groups in total. The number of benzene rings is 2. The van der Waals surface area contributed by atoms with Crippen LogP contribution in [0.15, 0.2) is 41.3 Å². The number of hydrogen-bond acceptors (Lipinski definition) is 5. The molecular formula is C18H17ClF2N2O5S. The van der Waals surface area contributed by atoms with E-state index in [-0.39, 0.29) is 34.4 Å². The third-order valence-corrected chi connectivity index (χ3v) is 6.27. The summed E-state index contributed by atoms with van der Waals surface area (Å²) in [6, 6.07) is 6.62. The van der Waals surface area contributed by atoms with Crippen molar-refractivity contribution in [1.29, 1.82) is 0 Å². The fraction of sp³-hybridized carbons (Fsp3) is 0.278. The third-order valence-electron chi connectivity index (χ3n) is 4.08. The van der Waals surface area contributed by atoms with Gasteiger partial charge in [-0.3, -0.25) is 4.79 Å². The standard InChI is InChI=1S/C18H17ClF2N2O5S/c19-14-10-13(29(25,26)23-5-7-27-8-6-23)2-4-17(14)28-11-18(24)22-16-3-1-12(20)9-15(16)21/h1-4,9-10H,5-8,11H2,(H,22,24). The molecule has 11 heteroatoms. The van der Waals surface area contributed by atoms with Crippen LogP contribution in [0.2, 0.25) is 5.02 Å². The van der Waals surface area contributed by atoms with Crippen LogP contribution in [-0.2, 0) is 19.6 Å². The van der Waals surface area contributed by atoms with Crippen molar-refractivity contribution in [1.82, 2.24) is 4.31 Å². The molecule has 1 amide bonds. The van der Waals surface area contributed by atoms with Crippen molar-refractivity contribution in [2.45, 2.75) is 4.90 Å². The van der Waals surface area contributed by atoms with E-state index in [0.29, 0.717) is 19.3 Å². The van der Waals surface area contributed by atoms with E-state index in [9.17, 15) is 22.0 Å². The van der Waals surface area contributed by atoms with Crippen molar-refractivity contribution < 1.29 is 31.5 Å². The van der Waals surface area contributed by atoms with E-state index >= 15 is 0 Å². The molecule has 1 heterocycles. The molecule has 156 valence electrons. The highest BCUT2D eigenvalue weighted by Crippen LogP contribution is 2.29. The summed E-state index contributed by atoms with van der Waals surface area (Å²) in [5, 5.41) is 2.24. The highest BCUT2D eigenvalue weighted by molar-refractivity contribution is 7.89. The molecule has 0 aliphatic carbocycles. The quantitative estimate of drug-likeness (QED) is 0.737. The zero-order valence-electron chi connectivity index (χ0n) is 15.0. The number of nitrogens with zero attached hydrogens (tertiary/aromatic N) is 1. The summed E-state index contributed by atoms with van der Waals surface area (Å²) in [4.78, 5) is 11.9. The van der Waals surface area contributed by atoms with Gasteiger partial charge in [-0.1, -0.05) is 11.6 Å². The minimum Gasteiger partial charge on any atom is -0.482 e. The Hall–Kier alpha value is -2.27. The molecule has 29 heavy (non-hydrogen) atoms. The topological polar surface area (TPSA) is 84.9 Å². The second-order valence-corrected chi connectivity index (χ2v) is 8.41. The molecule has 0 bridgehead atoms. The van der Waals surface area contributed by atoms with Crippen LogP contribution in [0.3, 0.4) is 0 Å². The monoisotopic (exact) mass is 446 g/mol. The first kappa shape index (κ1) is 21.4. The minimum atomic E-state index is -3.72. The zero-order valence-corrected chi connectivity index (χ0v) is 16.6. The van der Waals surface area contributed by atoms with Crippen LogP contribution in [0.1, 0.15) is 0 Å². The SMILES string of the molecule is O=C(COc1ccc(S(=O)(=O)N2CCOCC2)cc1Cl)Nc1ccc(F)cc1F. The highest BCUT2D eigenvalue weighted by Gasteiger charge is 2.27. The van der Waals surface area contributed by atoms with E-state index in [1.807, 2.05) is 0 Å². The Bertz CT molecular complexity index is 1010. The van der Waals surface area contributed by atoms with Crippen molar-refractivity contribution in [2.75, 3.05) is 38.2 Å². The fourth-order valence-corrected chi connectivity index (χ4v) is 4.35. The molecule has 0 radical (unpaired) electrons. The van der Waals surface area contributed by atoms with Gasteiger partial charge in [0.2, 0.25) is 10.0 Å². The van der Waals surface area contributed by atoms with Crippen LogP contribution in [-0.4, -0.2) is 51.5 Å². The van der Waals surface area contributed by atoms with Crippen molar-refractivity contribution in [3.8, 4) is 5.75 Å². The Balaban J connectivity index is 1.64. The van der Waals surface area contributed by atoms with Crippen LogP contribution in [0, 0.1) is 11.6 Å². The first-order chi connectivity index (χ1) is 13.8. The van der Waals surface area contributed by atoms with Gasteiger partial charge in [-0.2, -0.15) is 4.31 Å². The number of hydrogen-bond donors (Lipinski definition) is 1. The van der Waals surface area contributed by atoms with Crippen molar-refractivity contribution >= 4 is 33.2 Å². The molecule has 0 atom stereocenters. The lowest BCUT2D eigenvalue weighted by molar-refractivity contribution is -0.118. The summed E-state index contributed by atoms with van der Waals surface area (Å²) >= 11 is 6.09. The molecule has 0 saturated carbocycles. The number of ether oxygens (including phenoxy) is 2. The second kappa shape index (κ2) is 9.04. The van der Waals surface area contributed by atoms with E-state index in [1.54, 1.807) is 0 Å². The van der Waals surface area contributed by atoms with Crippen LogP contribution < -0.4 is 10.1 Å². The molecule has 3 rings (SSSR count). The lowest BCUT2D eigenvalue weighted by Gasteiger charge is -2.26. The number of carbonyl (C=O) groups is 1. The average Bonchev–Trinajstić information content (AvgIpc) is 2.70. The van der Waals surface area contributed by atoms with E-state index in [4.69, 9.17) is 21.1 Å². The van der Waals surface area contributed by atoms with Crippen molar-refractivity contribution in [3.63, 3.8) is 0 Å². The van der Waals surface area contributed by atoms with Gasteiger partial charge in [0.1, 0.15) is 17.4 Å².